The summed E-state index contributed by atoms with van der Waals surface area (Å²) < 4.78 is 40.7. The van der Waals surface area contributed by atoms with E-state index in [2.05, 4.69) is 0 Å². The second-order valence-electron chi connectivity index (χ2n) is 5.35. The molecule has 0 spiro atoms. The van der Waals surface area contributed by atoms with Crippen molar-refractivity contribution in [3.05, 3.63) is 65.4 Å². The lowest BCUT2D eigenvalue weighted by Gasteiger charge is -2.12. The number of carbonyl (C=O) groups is 1. The van der Waals surface area contributed by atoms with Gasteiger partial charge in [0.2, 0.25) is 0 Å². The smallest absolute Gasteiger partial charge is 0.399 e. The van der Waals surface area contributed by atoms with Crippen LogP contribution in [0.5, 0.6) is 0 Å². The van der Waals surface area contributed by atoms with Crippen molar-refractivity contribution in [3.8, 4) is 0 Å². The first-order chi connectivity index (χ1) is 10.8. The van der Waals surface area contributed by atoms with Crippen molar-refractivity contribution < 1.29 is 18.0 Å². The number of benzene rings is 2. The Bertz CT molecular complexity index is 893. The molecular weight excluding hydrogens is 305 g/mol. The number of nitrogen functional groups attached to an aromatic ring is 1. The molecule has 0 saturated heterocycles. The van der Waals surface area contributed by atoms with Crippen LogP contribution in [-0.4, -0.2) is 10.5 Å². The SMILES string of the molecule is Cc1ccc(C(=O)n2c(C(F)(F)F)cc3cc(N)ccc32)cc1. The summed E-state index contributed by atoms with van der Waals surface area (Å²) in [6.45, 7) is 1.84. The average molecular weight is 318 g/mol. The standard InChI is InChI=1S/C17H13F3N2O/c1-10-2-4-11(5-3-10)16(23)22-14-7-6-13(21)8-12(14)9-15(22)17(18,19)20/h2-9H,21H2,1H3. The molecule has 0 radical (unpaired) electrons. The van der Waals surface area contributed by atoms with Crippen LogP contribution in [-0.2, 0) is 6.18 Å². The summed E-state index contributed by atoms with van der Waals surface area (Å²) in [7, 11) is 0. The number of aryl methyl sites for hydroxylation is 1. The molecule has 0 bridgehead atoms. The largest absolute Gasteiger partial charge is 0.431 e. The third-order valence-electron chi connectivity index (χ3n) is 3.62. The molecule has 1 aromatic heterocycles. The van der Waals surface area contributed by atoms with Crippen molar-refractivity contribution in [1.29, 1.82) is 0 Å². The fourth-order valence-electron chi connectivity index (χ4n) is 2.49. The highest BCUT2D eigenvalue weighted by atomic mass is 19.4. The van der Waals surface area contributed by atoms with Gasteiger partial charge in [-0.3, -0.25) is 9.36 Å². The minimum absolute atomic E-state index is 0.178. The second kappa shape index (κ2) is 5.15. The summed E-state index contributed by atoms with van der Waals surface area (Å²) >= 11 is 0. The first-order valence-corrected chi connectivity index (χ1v) is 6.87. The van der Waals surface area contributed by atoms with E-state index in [1.54, 1.807) is 12.1 Å². The predicted octanol–water partition coefficient (Wildman–Crippen LogP) is 4.24. The van der Waals surface area contributed by atoms with Crippen LogP contribution in [0.3, 0.4) is 0 Å². The molecule has 0 aliphatic heterocycles. The zero-order chi connectivity index (χ0) is 16.8. The Balaban J connectivity index is 2.26. The van der Waals surface area contributed by atoms with Gasteiger partial charge in [-0.2, -0.15) is 13.2 Å². The summed E-state index contributed by atoms with van der Waals surface area (Å²) in [4.78, 5) is 12.6. The van der Waals surface area contributed by atoms with Gasteiger partial charge >= 0.3 is 6.18 Å². The lowest BCUT2D eigenvalue weighted by molar-refractivity contribution is -0.142. The number of anilines is 1. The van der Waals surface area contributed by atoms with E-state index in [9.17, 15) is 18.0 Å². The molecule has 0 amide bonds. The molecule has 1 heterocycles. The topological polar surface area (TPSA) is 48.0 Å². The molecule has 2 aromatic carbocycles. The molecule has 3 rings (SSSR count). The van der Waals surface area contributed by atoms with Gasteiger partial charge in [0.1, 0.15) is 5.69 Å². The van der Waals surface area contributed by atoms with Gasteiger partial charge in [0.15, 0.2) is 0 Å². The first kappa shape index (κ1) is 15.1. The van der Waals surface area contributed by atoms with Crippen LogP contribution in [0.25, 0.3) is 10.9 Å². The van der Waals surface area contributed by atoms with Crippen molar-refractivity contribution in [2.45, 2.75) is 13.1 Å². The van der Waals surface area contributed by atoms with Crippen LogP contribution in [0.15, 0.2) is 48.5 Å². The van der Waals surface area contributed by atoms with Crippen molar-refractivity contribution in [2.24, 2.45) is 0 Å². The first-order valence-electron chi connectivity index (χ1n) is 6.87. The van der Waals surface area contributed by atoms with E-state index in [0.717, 1.165) is 11.6 Å². The van der Waals surface area contributed by atoms with E-state index in [0.29, 0.717) is 10.3 Å². The lowest BCUT2D eigenvalue weighted by Crippen LogP contribution is -2.20. The number of nitrogens with two attached hydrogens (primary N) is 1. The van der Waals surface area contributed by atoms with Gasteiger partial charge < -0.3 is 5.73 Å². The van der Waals surface area contributed by atoms with Crippen LogP contribution >= 0.6 is 0 Å². The number of hydrogen-bond donors (Lipinski definition) is 1. The molecule has 0 atom stereocenters. The molecule has 0 fully saturated rings. The molecule has 23 heavy (non-hydrogen) atoms. The molecule has 0 saturated carbocycles. The average Bonchev–Trinajstić information content (AvgIpc) is 2.86. The molecule has 3 aromatic rings. The van der Waals surface area contributed by atoms with Gasteiger partial charge in [-0.1, -0.05) is 17.7 Å². The highest BCUT2D eigenvalue weighted by Gasteiger charge is 2.37. The number of fused-ring (bicyclic) bond motifs is 1. The number of nitrogens with zero attached hydrogens (tertiary/aromatic N) is 1. The molecule has 0 unspecified atom stereocenters. The molecule has 0 aliphatic rings. The summed E-state index contributed by atoms with van der Waals surface area (Å²) in [6.07, 6.45) is -4.64. The maximum absolute atomic E-state index is 13.3. The maximum atomic E-state index is 13.3. The van der Waals surface area contributed by atoms with Crippen LogP contribution in [0.2, 0.25) is 0 Å². The third-order valence-corrected chi connectivity index (χ3v) is 3.62. The Morgan fingerprint density at radius 1 is 1.04 bits per heavy atom. The summed E-state index contributed by atoms with van der Waals surface area (Å²) in [5.41, 5.74) is 6.24. The Hall–Kier alpha value is -2.76. The molecule has 0 aliphatic carbocycles. The Morgan fingerprint density at radius 3 is 2.30 bits per heavy atom. The molecular formula is C17H13F3N2O. The number of carbonyl (C=O) groups excluding carboxylic acids is 1. The van der Waals surface area contributed by atoms with Gasteiger partial charge in [-0.25, -0.2) is 0 Å². The summed E-state index contributed by atoms with van der Waals surface area (Å²) in [6, 6.07) is 11.7. The highest BCUT2D eigenvalue weighted by Crippen LogP contribution is 2.35. The van der Waals surface area contributed by atoms with Crippen molar-refractivity contribution >= 4 is 22.5 Å². The Morgan fingerprint density at radius 2 is 1.70 bits per heavy atom. The van der Waals surface area contributed by atoms with Crippen LogP contribution < -0.4 is 5.73 Å². The molecule has 6 heteroatoms. The van der Waals surface area contributed by atoms with Gasteiger partial charge in [-0.05, 0) is 43.3 Å². The zero-order valence-electron chi connectivity index (χ0n) is 12.2. The summed E-state index contributed by atoms with van der Waals surface area (Å²) in [5.74, 6) is -0.725. The van der Waals surface area contributed by atoms with Crippen molar-refractivity contribution in [2.75, 3.05) is 5.73 Å². The van der Waals surface area contributed by atoms with E-state index in [1.807, 2.05) is 6.92 Å². The van der Waals surface area contributed by atoms with Gasteiger partial charge in [0, 0.05) is 16.6 Å². The zero-order valence-corrected chi connectivity index (χ0v) is 12.2. The number of alkyl halides is 3. The fourth-order valence-corrected chi connectivity index (χ4v) is 2.49. The van der Waals surface area contributed by atoms with Gasteiger partial charge in [0.25, 0.3) is 5.91 Å². The normalized spacial score (nSPS) is 11.8. The van der Waals surface area contributed by atoms with Crippen LogP contribution in [0, 0.1) is 6.92 Å². The van der Waals surface area contributed by atoms with Crippen LogP contribution in [0.4, 0.5) is 18.9 Å². The lowest BCUT2D eigenvalue weighted by atomic mass is 10.1. The number of rotatable bonds is 1. The minimum atomic E-state index is -4.64. The van der Waals surface area contributed by atoms with Crippen molar-refractivity contribution in [1.82, 2.24) is 4.57 Å². The van der Waals surface area contributed by atoms with Gasteiger partial charge in [-0.15, -0.1) is 0 Å². The predicted molar refractivity (Wildman–Crippen MR) is 82.3 cm³/mol. The second-order valence-corrected chi connectivity index (χ2v) is 5.35. The van der Waals surface area contributed by atoms with E-state index in [4.69, 9.17) is 5.73 Å². The molecule has 118 valence electrons. The van der Waals surface area contributed by atoms with Crippen molar-refractivity contribution in [3.63, 3.8) is 0 Å². The van der Waals surface area contributed by atoms with E-state index >= 15 is 0 Å². The number of aromatic nitrogens is 1. The molecule has 2 N–H and O–H groups in total. The van der Waals surface area contributed by atoms with E-state index < -0.39 is 17.8 Å². The Kier molecular flexibility index (Phi) is 3.39. The minimum Gasteiger partial charge on any atom is -0.399 e. The quantitative estimate of drug-likeness (QED) is 0.682. The summed E-state index contributed by atoms with van der Waals surface area (Å²) in [5, 5.41) is 0.276. The van der Waals surface area contributed by atoms with Crippen LogP contribution in [0.1, 0.15) is 21.6 Å². The monoisotopic (exact) mass is 318 g/mol. The number of halogens is 3. The highest BCUT2D eigenvalue weighted by molar-refractivity contribution is 6.03. The maximum Gasteiger partial charge on any atom is 0.431 e. The fraction of sp³-hybridized carbons (Fsp3) is 0.118. The Labute approximate surface area is 130 Å². The third kappa shape index (κ3) is 2.67. The van der Waals surface area contributed by atoms with Gasteiger partial charge in [0.05, 0.1) is 5.52 Å². The van der Waals surface area contributed by atoms with E-state index in [1.165, 1.54) is 30.3 Å². The van der Waals surface area contributed by atoms with E-state index in [-0.39, 0.29) is 16.5 Å². The number of hydrogen-bond acceptors (Lipinski definition) is 2. The molecule has 3 nitrogen and oxygen atoms in total.